The predicted octanol–water partition coefficient (Wildman–Crippen LogP) is 5.04. The summed E-state index contributed by atoms with van der Waals surface area (Å²) in [6, 6.07) is 3.95. The minimum atomic E-state index is -1.11. The molecule has 202 valence electrons. The first kappa shape index (κ1) is 25.4. The summed E-state index contributed by atoms with van der Waals surface area (Å²) in [7, 11) is 1.59. The van der Waals surface area contributed by atoms with E-state index in [-0.39, 0.29) is 56.2 Å². The van der Waals surface area contributed by atoms with Crippen molar-refractivity contribution in [2.45, 2.75) is 30.2 Å². The van der Waals surface area contributed by atoms with Crippen LogP contribution in [0.2, 0.25) is 0 Å². The van der Waals surface area contributed by atoms with E-state index in [2.05, 4.69) is 25.3 Å². The van der Waals surface area contributed by atoms with Crippen LogP contribution >= 0.6 is 11.8 Å². The molecule has 13 heteroatoms. The zero-order valence-electron chi connectivity index (χ0n) is 20.9. The molecule has 9 nitrogen and oxygen atoms in total. The van der Waals surface area contributed by atoms with Gasteiger partial charge in [0.1, 0.15) is 17.5 Å². The number of fused-ring (bicyclic) bond motifs is 2. The van der Waals surface area contributed by atoms with Crippen LogP contribution in [-0.2, 0) is 16.9 Å². The summed E-state index contributed by atoms with van der Waals surface area (Å²) in [5, 5.41) is 3.38. The van der Waals surface area contributed by atoms with Crippen molar-refractivity contribution < 1.29 is 27.1 Å². The molecule has 1 aliphatic heterocycles. The molecule has 2 aliphatic rings. The van der Waals surface area contributed by atoms with Gasteiger partial charge >= 0.3 is 0 Å². The summed E-state index contributed by atoms with van der Waals surface area (Å²) in [5.41, 5.74) is 5.44. The fraction of sp³-hybridized carbons (Fsp3) is 0.308. The van der Waals surface area contributed by atoms with Gasteiger partial charge in [-0.25, -0.2) is 28.1 Å². The lowest BCUT2D eigenvalue weighted by Gasteiger charge is -2.34. The number of nitrogens with zero attached hydrogens (tertiary/aromatic N) is 4. The lowest BCUT2D eigenvalue weighted by atomic mass is 9.85. The van der Waals surface area contributed by atoms with E-state index in [0.29, 0.717) is 18.9 Å². The van der Waals surface area contributed by atoms with Crippen molar-refractivity contribution in [3.8, 4) is 5.75 Å². The van der Waals surface area contributed by atoms with E-state index >= 15 is 4.39 Å². The normalized spacial score (nSPS) is 23.8. The van der Waals surface area contributed by atoms with Gasteiger partial charge in [0, 0.05) is 35.7 Å². The summed E-state index contributed by atoms with van der Waals surface area (Å²) in [6.45, 7) is 2.19. The molecule has 39 heavy (non-hydrogen) atoms. The van der Waals surface area contributed by atoms with E-state index in [1.165, 1.54) is 42.6 Å². The smallest absolute Gasteiger partial charge is 0.232 e. The van der Waals surface area contributed by atoms with Crippen molar-refractivity contribution in [1.29, 1.82) is 0 Å². The molecule has 0 spiro atoms. The highest BCUT2D eigenvalue weighted by Gasteiger charge is 2.66. The van der Waals surface area contributed by atoms with Crippen LogP contribution in [-0.4, -0.2) is 38.6 Å². The SMILES string of the molecule is COC[C@]12C[C@H]1[C@](C)(c1cc(Nc3ncc(F)c4cc(OCc5ncco5)cnc34)cc(F)c1F)N=C(N)S2. The van der Waals surface area contributed by atoms with Gasteiger partial charge in [-0.05, 0) is 25.5 Å². The Morgan fingerprint density at radius 3 is 2.77 bits per heavy atom. The van der Waals surface area contributed by atoms with Crippen molar-refractivity contribution in [2.24, 2.45) is 16.6 Å². The molecule has 3 N–H and O–H groups in total. The van der Waals surface area contributed by atoms with Crippen LogP contribution in [0.4, 0.5) is 24.7 Å². The van der Waals surface area contributed by atoms with Crippen LogP contribution in [0.25, 0.3) is 10.9 Å². The number of methoxy groups -OCH3 is 1. The van der Waals surface area contributed by atoms with Crippen LogP contribution in [0.3, 0.4) is 0 Å². The molecule has 1 aromatic carbocycles. The van der Waals surface area contributed by atoms with Gasteiger partial charge in [-0.3, -0.25) is 4.99 Å². The minimum Gasteiger partial charge on any atom is -0.482 e. The first-order valence-corrected chi connectivity index (χ1v) is 12.8. The van der Waals surface area contributed by atoms with Gasteiger partial charge in [-0.2, -0.15) is 0 Å². The molecular weight excluding hydrogens is 533 g/mol. The van der Waals surface area contributed by atoms with Crippen LogP contribution < -0.4 is 15.8 Å². The molecule has 0 radical (unpaired) electrons. The highest BCUT2D eigenvalue weighted by Crippen LogP contribution is 2.66. The molecule has 4 aromatic rings. The number of thioether (sulfide) groups is 1. The standard InChI is InChI=1S/C26H23F3N6O3S/c1-25(19-8-26(19,12-36-2)39-24(30)35-25)16-5-13(6-17(27)21(16)29)34-23-22-15(18(28)10-33-23)7-14(9-32-22)38-11-20-31-3-4-37-20/h3-7,9-10,19H,8,11-12H2,1-2H3,(H2,30,35)(H,33,34)/t19-,25-,26+/m0/s1. The predicted molar refractivity (Wildman–Crippen MR) is 139 cm³/mol. The molecule has 3 atom stereocenters. The van der Waals surface area contributed by atoms with Crippen LogP contribution in [0.15, 0.2) is 52.5 Å². The van der Waals surface area contributed by atoms with Crippen molar-refractivity contribution >= 4 is 39.3 Å². The zero-order valence-corrected chi connectivity index (χ0v) is 21.7. The highest BCUT2D eigenvalue weighted by molar-refractivity contribution is 8.15. The number of nitrogens with two attached hydrogens (primary N) is 1. The summed E-state index contributed by atoms with van der Waals surface area (Å²) in [4.78, 5) is 16.9. The Morgan fingerprint density at radius 1 is 1.15 bits per heavy atom. The molecule has 1 aliphatic carbocycles. The first-order chi connectivity index (χ1) is 18.7. The summed E-state index contributed by atoms with van der Waals surface area (Å²) >= 11 is 1.41. The van der Waals surface area contributed by atoms with Crippen molar-refractivity contribution in [3.05, 3.63) is 72.0 Å². The van der Waals surface area contributed by atoms with Gasteiger partial charge in [0.05, 0.1) is 35.5 Å². The number of halogens is 3. The largest absolute Gasteiger partial charge is 0.482 e. The van der Waals surface area contributed by atoms with Gasteiger partial charge in [-0.15, -0.1) is 0 Å². The summed E-state index contributed by atoms with van der Waals surface area (Å²) in [5.74, 6) is -2.02. The molecule has 0 unspecified atom stereocenters. The Hall–Kier alpha value is -3.84. The number of anilines is 2. The fourth-order valence-electron chi connectivity index (χ4n) is 5.20. The molecule has 6 rings (SSSR count). The van der Waals surface area contributed by atoms with Gasteiger partial charge < -0.3 is 24.9 Å². The Balaban J connectivity index is 1.33. The average Bonchev–Trinajstić information content (AvgIpc) is 3.38. The van der Waals surface area contributed by atoms with Crippen molar-refractivity contribution in [3.63, 3.8) is 0 Å². The monoisotopic (exact) mass is 556 g/mol. The average molecular weight is 557 g/mol. The number of rotatable bonds is 8. The number of hydrogen-bond donors (Lipinski definition) is 2. The van der Waals surface area contributed by atoms with Gasteiger partial charge in [0.25, 0.3) is 0 Å². The Bertz CT molecular complexity index is 1600. The molecule has 0 saturated heterocycles. The molecule has 4 heterocycles. The number of benzene rings is 1. The van der Waals surface area contributed by atoms with Crippen molar-refractivity contribution in [2.75, 3.05) is 19.0 Å². The highest BCUT2D eigenvalue weighted by atomic mass is 32.2. The van der Waals surface area contributed by atoms with E-state index < -0.39 is 23.0 Å². The molecule has 3 aromatic heterocycles. The van der Waals surface area contributed by atoms with Gasteiger partial charge in [0.15, 0.2) is 35.0 Å². The lowest BCUT2D eigenvalue weighted by Crippen LogP contribution is -2.37. The van der Waals surface area contributed by atoms with Crippen LogP contribution in [0.5, 0.6) is 5.75 Å². The second-order valence-corrected chi connectivity index (χ2v) is 11.1. The van der Waals surface area contributed by atoms with Crippen LogP contribution in [0.1, 0.15) is 24.8 Å². The molecular formula is C26H23F3N6O3S. The van der Waals surface area contributed by atoms with E-state index in [0.717, 1.165) is 12.3 Å². The minimum absolute atomic E-state index is 0.0343. The van der Waals surface area contributed by atoms with E-state index in [1.54, 1.807) is 14.0 Å². The Kier molecular flexibility index (Phi) is 6.14. The Labute approximate surface area is 225 Å². The van der Waals surface area contributed by atoms with Gasteiger partial charge in [-0.1, -0.05) is 11.8 Å². The number of hydrogen-bond acceptors (Lipinski definition) is 10. The summed E-state index contributed by atoms with van der Waals surface area (Å²) < 4.78 is 60.6. The number of ether oxygens (including phenoxy) is 2. The number of pyridine rings is 2. The van der Waals surface area contributed by atoms with E-state index in [1.807, 2.05) is 0 Å². The van der Waals surface area contributed by atoms with E-state index in [9.17, 15) is 8.78 Å². The lowest BCUT2D eigenvalue weighted by molar-refractivity contribution is 0.184. The maximum absolute atomic E-state index is 15.3. The second kappa shape index (κ2) is 9.42. The number of oxazole rings is 1. The quantitative estimate of drug-likeness (QED) is 0.307. The molecule has 1 saturated carbocycles. The zero-order chi connectivity index (χ0) is 27.4. The number of nitrogens with one attached hydrogen (secondary N) is 1. The molecule has 0 amide bonds. The number of aromatic nitrogens is 3. The third-order valence-electron chi connectivity index (χ3n) is 7.08. The van der Waals surface area contributed by atoms with E-state index in [4.69, 9.17) is 19.6 Å². The molecule has 0 bridgehead atoms. The fourth-order valence-corrected chi connectivity index (χ4v) is 6.65. The summed E-state index contributed by atoms with van der Waals surface area (Å²) in [6.07, 6.45) is 6.01. The topological polar surface area (TPSA) is 121 Å². The third-order valence-corrected chi connectivity index (χ3v) is 8.35. The maximum atomic E-state index is 15.3. The number of amidine groups is 1. The number of aliphatic imine (C=N–C) groups is 1. The van der Waals surface area contributed by atoms with Crippen molar-refractivity contribution in [1.82, 2.24) is 15.0 Å². The first-order valence-electron chi connectivity index (χ1n) is 12.0. The van der Waals surface area contributed by atoms with Gasteiger partial charge in [0.2, 0.25) is 5.89 Å². The Morgan fingerprint density at radius 2 is 2.00 bits per heavy atom. The van der Waals surface area contributed by atoms with Crippen LogP contribution in [0, 0.1) is 23.4 Å². The third kappa shape index (κ3) is 4.44. The molecule has 1 fully saturated rings. The second-order valence-electron chi connectivity index (χ2n) is 9.64. The maximum Gasteiger partial charge on any atom is 0.232 e.